The lowest BCUT2D eigenvalue weighted by atomic mass is 9.98. The van der Waals surface area contributed by atoms with Crippen LogP contribution in [0.4, 0.5) is 0 Å². The lowest BCUT2D eigenvalue weighted by Crippen LogP contribution is -2.12. The lowest BCUT2D eigenvalue weighted by molar-refractivity contribution is -0.143. The van der Waals surface area contributed by atoms with Crippen LogP contribution in [0.1, 0.15) is 48.7 Å². The van der Waals surface area contributed by atoms with E-state index in [-0.39, 0.29) is 42.0 Å². The van der Waals surface area contributed by atoms with E-state index in [0.717, 1.165) is 9.54 Å². The molecule has 7 heteroatoms. The van der Waals surface area contributed by atoms with Gasteiger partial charge in [0.25, 0.3) is 10.0 Å². The molecule has 0 aliphatic heterocycles. The van der Waals surface area contributed by atoms with Crippen LogP contribution in [0.25, 0.3) is 0 Å². The minimum absolute atomic E-state index is 0.0841. The molecule has 0 spiro atoms. The topological polar surface area (TPSA) is 82.4 Å². The van der Waals surface area contributed by atoms with E-state index in [0.29, 0.717) is 11.1 Å². The first-order chi connectivity index (χ1) is 12.7. The Bertz CT molecular complexity index is 924. The van der Waals surface area contributed by atoms with Gasteiger partial charge in [-0.05, 0) is 38.0 Å². The summed E-state index contributed by atoms with van der Waals surface area (Å²) in [6.45, 7) is 7.38. The summed E-state index contributed by atoms with van der Waals surface area (Å²) < 4.78 is 31.8. The van der Waals surface area contributed by atoms with Gasteiger partial charge in [0.2, 0.25) is 0 Å². The Balaban J connectivity index is 2.42. The van der Waals surface area contributed by atoms with Crippen LogP contribution in [0.2, 0.25) is 0 Å². The highest BCUT2D eigenvalue weighted by molar-refractivity contribution is 7.90. The standard InChI is InChI=1S/C20H25NO5S/c1-5-26-19(22)11-8-16-12-21(13-18(16)20(23)14(2)3)27(24,25)17-9-6-15(4)7-10-17/h6-7,9-10,12-14H,5,8,11H2,1-4H3. The van der Waals surface area contributed by atoms with Crippen molar-refractivity contribution in [1.29, 1.82) is 0 Å². The molecule has 0 radical (unpaired) electrons. The van der Waals surface area contributed by atoms with Crippen LogP contribution in [0.3, 0.4) is 0 Å². The zero-order chi connectivity index (χ0) is 20.2. The fraction of sp³-hybridized carbons (Fsp3) is 0.400. The van der Waals surface area contributed by atoms with E-state index in [4.69, 9.17) is 4.74 Å². The third-order valence-electron chi connectivity index (χ3n) is 4.18. The van der Waals surface area contributed by atoms with Crippen molar-refractivity contribution >= 4 is 21.8 Å². The average Bonchev–Trinajstić information content (AvgIpc) is 3.04. The summed E-state index contributed by atoms with van der Waals surface area (Å²) in [6, 6.07) is 6.51. The number of hydrogen-bond donors (Lipinski definition) is 0. The minimum atomic E-state index is -3.82. The lowest BCUT2D eigenvalue weighted by Gasteiger charge is -2.06. The quantitative estimate of drug-likeness (QED) is 0.509. The van der Waals surface area contributed by atoms with Crippen molar-refractivity contribution in [2.75, 3.05) is 6.61 Å². The molecule has 0 fully saturated rings. The Hall–Kier alpha value is -2.41. The average molecular weight is 391 g/mol. The van der Waals surface area contributed by atoms with Gasteiger partial charge in [-0.3, -0.25) is 9.59 Å². The predicted octanol–water partition coefficient (Wildman–Crippen LogP) is 3.37. The normalized spacial score (nSPS) is 11.6. The molecule has 0 bridgehead atoms. The number of carbonyl (C=O) groups is 2. The van der Waals surface area contributed by atoms with Gasteiger partial charge in [-0.15, -0.1) is 0 Å². The second-order valence-electron chi connectivity index (χ2n) is 6.67. The van der Waals surface area contributed by atoms with Gasteiger partial charge in [0.05, 0.1) is 11.5 Å². The molecule has 146 valence electrons. The van der Waals surface area contributed by atoms with Crippen LogP contribution in [-0.2, 0) is 26.0 Å². The van der Waals surface area contributed by atoms with Crippen LogP contribution < -0.4 is 0 Å². The van der Waals surface area contributed by atoms with E-state index >= 15 is 0 Å². The first-order valence-corrected chi connectivity index (χ1v) is 10.3. The molecule has 0 unspecified atom stereocenters. The van der Waals surface area contributed by atoms with Crippen LogP contribution in [0, 0.1) is 12.8 Å². The number of rotatable bonds is 8. The summed E-state index contributed by atoms with van der Waals surface area (Å²) in [4.78, 5) is 24.3. The number of Topliss-reactive ketones (excluding diaryl/α,β-unsaturated/α-hetero) is 1. The fourth-order valence-corrected chi connectivity index (χ4v) is 3.88. The number of benzene rings is 1. The molecule has 1 heterocycles. The molecular formula is C20H25NO5S. The second kappa shape index (κ2) is 8.52. The van der Waals surface area contributed by atoms with Gasteiger partial charge in [-0.25, -0.2) is 12.4 Å². The first kappa shape index (κ1) is 20.9. The van der Waals surface area contributed by atoms with Crippen LogP contribution in [0.15, 0.2) is 41.6 Å². The highest BCUT2D eigenvalue weighted by Crippen LogP contribution is 2.22. The van der Waals surface area contributed by atoms with Crippen LogP contribution >= 0.6 is 0 Å². The summed E-state index contributed by atoms with van der Waals surface area (Å²) in [5, 5.41) is 0. The monoisotopic (exact) mass is 391 g/mol. The van der Waals surface area contributed by atoms with Crippen molar-refractivity contribution in [3.05, 3.63) is 53.3 Å². The summed E-state index contributed by atoms with van der Waals surface area (Å²) in [5.41, 5.74) is 1.80. The molecule has 0 N–H and O–H groups in total. The van der Waals surface area contributed by atoms with Crippen molar-refractivity contribution in [2.45, 2.75) is 45.4 Å². The molecule has 27 heavy (non-hydrogen) atoms. The molecule has 0 aliphatic rings. The maximum absolute atomic E-state index is 12.9. The molecule has 2 aromatic rings. The first-order valence-electron chi connectivity index (χ1n) is 8.89. The molecule has 0 aliphatic carbocycles. The smallest absolute Gasteiger partial charge is 0.306 e. The second-order valence-corrected chi connectivity index (χ2v) is 8.51. The number of esters is 1. The number of ether oxygens (including phenoxy) is 1. The van der Waals surface area contributed by atoms with Gasteiger partial charge in [-0.1, -0.05) is 31.5 Å². The highest BCUT2D eigenvalue weighted by Gasteiger charge is 2.23. The van der Waals surface area contributed by atoms with Crippen molar-refractivity contribution in [3.8, 4) is 0 Å². The third kappa shape index (κ3) is 4.86. The number of nitrogens with zero attached hydrogens (tertiary/aromatic N) is 1. The molecule has 0 saturated heterocycles. The van der Waals surface area contributed by atoms with Gasteiger partial charge in [0.1, 0.15) is 0 Å². The molecule has 0 saturated carbocycles. The van der Waals surface area contributed by atoms with E-state index in [1.165, 1.54) is 24.5 Å². The minimum Gasteiger partial charge on any atom is -0.466 e. The van der Waals surface area contributed by atoms with Gasteiger partial charge in [0.15, 0.2) is 5.78 Å². The number of aryl methyl sites for hydroxylation is 2. The van der Waals surface area contributed by atoms with Crippen molar-refractivity contribution in [1.82, 2.24) is 3.97 Å². The zero-order valence-electron chi connectivity index (χ0n) is 16.1. The fourth-order valence-electron chi connectivity index (χ4n) is 2.64. The van der Waals surface area contributed by atoms with E-state index < -0.39 is 10.0 Å². The predicted molar refractivity (Wildman–Crippen MR) is 102 cm³/mol. The maximum Gasteiger partial charge on any atom is 0.306 e. The maximum atomic E-state index is 12.9. The Morgan fingerprint density at radius 3 is 2.30 bits per heavy atom. The number of hydrogen-bond acceptors (Lipinski definition) is 5. The van der Waals surface area contributed by atoms with Gasteiger partial charge in [0, 0.05) is 30.3 Å². The summed E-state index contributed by atoms with van der Waals surface area (Å²) in [7, 11) is -3.82. The molecule has 0 atom stereocenters. The summed E-state index contributed by atoms with van der Waals surface area (Å²) >= 11 is 0. The van der Waals surface area contributed by atoms with E-state index in [1.54, 1.807) is 32.9 Å². The van der Waals surface area contributed by atoms with Crippen molar-refractivity contribution < 1.29 is 22.7 Å². The molecule has 1 aromatic heterocycles. The molecular weight excluding hydrogens is 366 g/mol. The molecule has 6 nitrogen and oxygen atoms in total. The third-order valence-corrected chi connectivity index (χ3v) is 5.81. The zero-order valence-corrected chi connectivity index (χ0v) is 16.9. The van der Waals surface area contributed by atoms with E-state index in [2.05, 4.69) is 0 Å². The molecule has 2 rings (SSSR count). The van der Waals surface area contributed by atoms with Crippen molar-refractivity contribution in [3.63, 3.8) is 0 Å². The SMILES string of the molecule is CCOC(=O)CCc1cn(S(=O)(=O)c2ccc(C)cc2)cc1C(=O)C(C)C. The number of aromatic nitrogens is 1. The summed E-state index contributed by atoms with van der Waals surface area (Å²) in [6.07, 6.45) is 3.09. The largest absolute Gasteiger partial charge is 0.466 e. The van der Waals surface area contributed by atoms with Crippen molar-refractivity contribution in [2.24, 2.45) is 5.92 Å². The summed E-state index contributed by atoms with van der Waals surface area (Å²) in [5.74, 6) is -0.828. The van der Waals surface area contributed by atoms with E-state index in [9.17, 15) is 18.0 Å². The van der Waals surface area contributed by atoms with Gasteiger partial charge < -0.3 is 4.74 Å². The van der Waals surface area contributed by atoms with Gasteiger partial charge in [-0.2, -0.15) is 0 Å². The number of carbonyl (C=O) groups excluding carboxylic acids is 2. The Kier molecular flexibility index (Phi) is 6.59. The molecule has 1 aromatic carbocycles. The Labute approximate surface area is 160 Å². The number of ketones is 1. The Morgan fingerprint density at radius 2 is 1.74 bits per heavy atom. The Morgan fingerprint density at radius 1 is 1.11 bits per heavy atom. The molecule has 0 amide bonds. The van der Waals surface area contributed by atoms with E-state index in [1.807, 2.05) is 6.92 Å². The van der Waals surface area contributed by atoms with Gasteiger partial charge >= 0.3 is 5.97 Å². The highest BCUT2D eigenvalue weighted by atomic mass is 32.2. The van der Waals surface area contributed by atoms with Crippen LogP contribution in [-0.4, -0.2) is 30.7 Å². The van der Waals surface area contributed by atoms with Crippen LogP contribution in [0.5, 0.6) is 0 Å².